The van der Waals surface area contributed by atoms with Gasteiger partial charge >= 0.3 is 12.3 Å². The van der Waals surface area contributed by atoms with Crippen LogP contribution < -0.4 is 16.2 Å². The number of nitrogens with zero attached hydrogens (tertiary/aromatic N) is 2. The molecule has 4 aromatic rings. The number of ether oxygens (including phenoxy) is 1. The number of anilines is 1. The number of alkyl halides is 3. The molecule has 1 saturated carbocycles. The SMILES string of the molecule is CC(C)(C)OC(=O)N[C@@H](Cc1cc(F)cc(F)c1)c1nc2cc(NCC(F)(F)F)ccc2c(=O)n1-c1ccc(C2CC2)cc1. The summed E-state index contributed by atoms with van der Waals surface area (Å²) >= 11 is 0. The van der Waals surface area contributed by atoms with Crippen molar-refractivity contribution in [1.82, 2.24) is 14.9 Å². The van der Waals surface area contributed by atoms with Crippen LogP contribution in [-0.2, 0) is 11.2 Å². The fraction of sp³-hybridized carbons (Fsp3) is 0.344. The molecule has 1 aliphatic rings. The summed E-state index contributed by atoms with van der Waals surface area (Å²) in [4.78, 5) is 31.7. The van der Waals surface area contributed by atoms with Gasteiger partial charge in [-0.25, -0.2) is 18.6 Å². The van der Waals surface area contributed by atoms with E-state index >= 15 is 0 Å². The molecule has 0 unspecified atom stereocenters. The first-order valence-corrected chi connectivity index (χ1v) is 14.1. The third kappa shape index (κ3) is 7.72. The fourth-order valence-electron chi connectivity index (χ4n) is 4.93. The van der Waals surface area contributed by atoms with Crippen molar-refractivity contribution in [3.63, 3.8) is 0 Å². The smallest absolute Gasteiger partial charge is 0.408 e. The van der Waals surface area contributed by atoms with Crippen LogP contribution >= 0.6 is 0 Å². The maximum atomic E-state index is 14.2. The molecule has 7 nitrogen and oxygen atoms in total. The topological polar surface area (TPSA) is 85.2 Å². The Labute approximate surface area is 250 Å². The predicted molar refractivity (Wildman–Crippen MR) is 156 cm³/mol. The maximum absolute atomic E-state index is 14.2. The molecule has 1 atom stereocenters. The molecule has 0 aliphatic heterocycles. The molecule has 1 aliphatic carbocycles. The van der Waals surface area contributed by atoms with Gasteiger partial charge in [-0.1, -0.05) is 12.1 Å². The molecule has 5 rings (SSSR count). The van der Waals surface area contributed by atoms with Gasteiger partial charge in [0, 0.05) is 18.2 Å². The Morgan fingerprint density at radius 2 is 1.66 bits per heavy atom. The van der Waals surface area contributed by atoms with Crippen LogP contribution in [0.3, 0.4) is 0 Å². The van der Waals surface area contributed by atoms with Crippen LogP contribution in [0.25, 0.3) is 16.6 Å². The Balaban J connectivity index is 1.68. The summed E-state index contributed by atoms with van der Waals surface area (Å²) in [6, 6.07) is 13.1. The minimum atomic E-state index is -4.48. The Bertz CT molecular complexity index is 1720. The van der Waals surface area contributed by atoms with Gasteiger partial charge in [0.05, 0.1) is 22.6 Å². The van der Waals surface area contributed by atoms with Crippen molar-refractivity contribution in [3.05, 3.63) is 99.6 Å². The predicted octanol–water partition coefficient (Wildman–Crippen LogP) is 7.32. The molecule has 232 valence electrons. The average molecular weight is 615 g/mol. The van der Waals surface area contributed by atoms with Crippen molar-refractivity contribution in [3.8, 4) is 5.69 Å². The summed E-state index contributed by atoms with van der Waals surface area (Å²) < 4.78 is 73.7. The van der Waals surface area contributed by atoms with Crippen LogP contribution in [0.4, 0.5) is 32.4 Å². The number of nitrogens with one attached hydrogen (secondary N) is 2. The number of hydrogen-bond acceptors (Lipinski definition) is 5. The number of amides is 1. The quantitative estimate of drug-likeness (QED) is 0.203. The van der Waals surface area contributed by atoms with E-state index in [9.17, 15) is 31.5 Å². The summed E-state index contributed by atoms with van der Waals surface area (Å²) in [6.07, 6.45) is -3.41. The largest absolute Gasteiger partial charge is 0.444 e. The summed E-state index contributed by atoms with van der Waals surface area (Å²) in [7, 11) is 0. The highest BCUT2D eigenvalue weighted by Crippen LogP contribution is 2.40. The summed E-state index contributed by atoms with van der Waals surface area (Å²) in [6.45, 7) is 3.67. The molecule has 0 bridgehead atoms. The normalized spacial score (nSPS) is 14.4. The van der Waals surface area contributed by atoms with Gasteiger partial charge < -0.3 is 15.4 Å². The Kier molecular flexibility index (Phi) is 8.37. The lowest BCUT2D eigenvalue weighted by molar-refractivity contribution is -0.115. The molecule has 1 fully saturated rings. The summed E-state index contributed by atoms with van der Waals surface area (Å²) in [5.41, 5.74) is 0.378. The maximum Gasteiger partial charge on any atom is 0.408 e. The van der Waals surface area contributed by atoms with Gasteiger partial charge in [0.15, 0.2) is 0 Å². The van der Waals surface area contributed by atoms with E-state index in [2.05, 4.69) is 15.6 Å². The zero-order valence-corrected chi connectivity index (χ0v) is 24.3. The number of hydrogen-bond donors (Lipinski definition) is 2. The van der Waals surface area contributed by atoms with E-state index in [0.717, 1.165) is 30.5 Å². The number of benzene rings is 3. The molecular weight excluding hydrogens is 583 g/mol. The van der Waals surface area contributed by atoms with Gasteiger partial charge in [-0.05, 0) is 93.1 Å². The second-order valence-electron chi connectivity index (χ2n) is 11.9. The third-order valence-corrected chi connectivity index (χ3v) is 6.95. The standard InChI is InChI=1S/C32H31F5N4O3/c1-31(2,3)44-30(43)40-27(14-18-12-21(33)15-22(34)13-18)28-39-26-16-23(38-17-32(35,36)37)8-11-25(26)29(42)41(28)24-9-6-20(7-10-24)19-4-5-19/h6-13,15-16,19,27,38H,4-5,14,17H2,1-3H3,(H,40,43)/t27-/m0/s1. The van der Waals surface area contributed by atoms with Crippen molar-refractivity contribution in [1.29, 1.82) is 0 Å². The van der Waals surface area contributed by atoms with E-state index < -0.39 is 47.7 Å². The number of alkyl carbamates (subject to hydrolysis) is 1. The van der Waals surface area contributed by atoms with Crippen LogP contribution in [0.2, 0.25) is 0 Å². The number of halogens is 5. The lowest BCUT2D eigenvalue weighted by Gasteiger charge is -2.26. The van der Waals surface area contributed by atoms with Crippen molar-refractivity contribution >= 4 is 22.7 Å². The molecule has 12 heteroatoms. The molecule has 0 saturated heterocycles. The minimum Gasteiger partial charge on any atom is -0.444 e. The highest BCUT2D eigenvalue weighted by Gasteiger charge is 2.29. The van der Waals surface area contributed by atoms with Gasteiger partial charge in [0.1, 0.15) is 29.6 Å². The summed E-state index contributed by atoms with van der Waals surface area (Å²) in [5.74, 6) is -1.24. The molecule has 1 heterocycles. The summed E-state index contributed by atoms with van der Waals surface area (Å²) in [5, 5.41) is 5.08. The van der Waals surface area contributed by atoms with E-state index in [1.165, 1.54) is 22.8 Å². The molecule has 0 radical (unpaired) electrons. The van der Waals surface area contributed by atoms with Crippen LogP contribution in [-0.4, -0.2) is 34.0 Å². The Morgan fingerprint density at radius 3 is 2.25 bits per heavy atom. The molecule has 1 aromatic heterocycles. The Hall–Kier alpha value is -4.48. The van der Waals surface area contributed by atoms with Crippen LogP contribution in [0, 0.1) is 11.6 Å². The van der Waals surface area contributed by atoms with Gasteiger partial charge in [-0.3, -0.25) is 9.36 Å². The first-order chi connectivity index (χ1) is 20.6. The van der Waals surface area contributed by atoms with Crippen LogP contribution in [0.15, 0.2) is 65.5 Å². The lowest BCUT2D eigenvalue weighted by Crippen LogP contribution is -2.39. The molecule has 44 heavy (non-hydrogen) atoms. The van der Waals surface area contributed by atoms with Crippen molar-refractivity contribution in [2.75, 3.05) is 11.9 Å². The van der Waals surface area contributed by atoms with Gasteiger partial charge in [-0.15, -0.1) is 0 Å². The van der Waals surface area contributed by atoms with Crippen LogP contribution in [0.5, 0.6) is 0 Å². The van der Waals surface area contributed by atoms with Crippen LogP contribution in [0.1, 0.15) is 62.5 Å². The number of rotatable bonds is 8. The van der Waals surface area contributed by atoms with Gasteiger partial charge in [0.25, 0.3) is 5.56 Å². The first kappa shape index (κ1) is 31.0. The second kappa shape index (κ2) is 11.9. The molecule has 2 N–H and O–H groups in total. The minimum absolute atomic E-state index is 0.00910. The zero-order valence-electron chi connectivity index (χ0n) is 24.3. The van der Waals surface area contributed by atoms with Gasteiger partial charge in [0.2, 0.25) is 0 Å². The number of carbonyl (C=O) groups excluding carboxylic acids is 1. The Morgan fingerprint density at radius 1 is 1.00 bits per heavy atom. The monoisotopic (exact) mass is 614 g/mol. The van der Waals surface area contributed by atoms with E-state index in [1.54, 1.807) is 32.9 Å². The number of fused-ring (bicyclic) bond motifs is 1. The highest BCUT2D eigenvalue weighted by molar-refractivity contribution is 5.82. The molecule has 3 aromatic carbocycles. The average Bonchev–Trinajstić information content (AvgIpc) is 3.75. The zero-order chi connectivity index (χ0) is 31.8. The van der Waals surface area contributed by atoms with Crippen molar-refractivity contribution in [2.45, 2.75) is 63.8 Å². The highest BCUT2D eigenvalue weighted by atomic mass is 19.4. The lowest BCUT2D eigenvalue weighted by atomic mass is 10.0. The van der Waals surface area contributed by atoms with E-state index in [4.69, 9.17) is 4.74 Å². The number of aromatic nitrogens is 2. The first-order valence-electron chi connectivity index (χ1n) is 14.1. The van der Waals surface area contributed by atoms with Crippen molar-refractivity contribution < 1.29 is 31.5 Å². The second-order valence-corrected chi connectivity index (χ2v) is 11.9. The van der Waals surface area contributed by atoms with E-state index in [-0.39, 0.29) is 34.4 Å². The van der Waals surface area contributed by atoms with Gasteiger partial charge in [-0.2, -0.15) is 13.2 Å². The van der Waals surface area contributed by atoms with Crippen molar-refractivity contribution in [2.24, 2.45) is 0 Å². The number of carbonyl (C=O) groups is 1. The fourth-order valence-corrected chi connectivity index (χ4v) is 4.93. The third-order valence-electron chi connectivity index (χ3n) is 6.95. The molecule has 1 amide bonds. The van der Waals surface area contributed by atoms with E-state index in [0.29, 0.717) is 17.7 Å². The molecule has 0 spiro atoms. The molecular formula is C32H31F5N4O3. The van der Waals surface area contributed by atoms with E-state index in [1.807, 2.05) is 12.1 Å².